The van der Waals surface area contributed by atoms with Crippen molar-refractivity contribution >= 4 is 17.6 Å². The number of carbonyl (C=O) groups excluding carboxylic acids is 2. The van der Waals surface area contributed by atoms with Crippen LogP contribution in [0, 0.1) is 0 Å². The number of rotatable bonds is 3. The Hall–Kier alpha value is -3.28. The lowest BCUT2D eigenvalue weighted by Gasteiger charge is -2.31. The van der Waals surface area contributed by atoms with E-state index in [1.807, 2.05) is 0 Å². The molecule has 2 aromatic rings. The number of carbonyl (C=O) groups is 2. The lowest BCUT2D eigenvalue weighted by molar-refractivity contribution is -0.141. The highest BCUT2D eigenvalue weighted by atomic mass is 19.4. The summed E-state index contributed by atoms with van der Waals surface area (Å²) in [5.74, 6) is -0.492. The summed E-state index contributed by atoms with van der Waals surface area (Å²) in [6, 6.07) is 4.06. The van der Waals surface area contributed by atoms with Gasteiger partial charge in [-0.2, -0.15) is 13.2 Å². The summed E-state index contributed by atoms with van der Waals surface area (Å²) in [4.78, 5) is 40.3. The van der Waals surface area contributed by atoms with Gasteiger partial charge in [0.15, 0.2) is 11.5 Å². The van der Waals surface area contributed by atoms with Gasteiger partial charge in [0, 0.05) is 69.8 Å². The van der Waals surface area contributed by atoms with Crippen LogP contribution in [-0.4, -0.2) is 77.1 Å². The van der Waals surface area contributed by atoms with Crippen LogP contribution < -0.4 is 10.2 Å². The zero-order valence-corrected chi connectivity index (χ0v) is 18.4. The minimum Gasteiger partial charge on any atom is -0.368 e. The van der Waals surface area contributed by atoms with Crippen LogP contribution in [0.4, 0.5) is 19.0 Å². The van der Waals surface area contributed by atoms with Crippen molar-refractivity contribution in [1.29, 1.82) is 0 Å². The molecule has 0 radical (unpaired) electrons. The zero-order valence-electron chi connectivity index (χ0n) is 18.4. The number of hydrogen-bond donors (Lipinski definition) is 1. The Balaban J connectivity index is 1.63. The first-order valence-electron chi connectivity index (χ1n) is 11.1. The number of nitrogens with zero attached hydrogens (tertiary/aromatic N) is 5. The van der Waals surface area contributed by atoms with Crippen LogP contribution in [0.15, 0.2) is 30.6 Å². The van der Waals surface area contributed by atoms with E-state index in [-0.39, 0.29) is 62.6 Å². The maximum Gasteiger partial charge on any atom is 0.433 e. The molecule has 4 rings (SSSR count). The molecule has 2 aliphatic rings. The summed E-state index contributed by atoms with van der Waals surface area (Å²) in [6.45, 7) is 1.61. The smallest absolute Gasteiger partial charge is 0.368 e. The Morgan fingerprint density at radius 3 is 2.74 bits per heavy atom. The van der Waals surface area contributed by atoms with Gasteiger partial charge in [-0.25, -0.2) is 9.97 Å². The van der Waals surface area contributed by atoms with Gasteiger partial charge in [-0.1, -0.05) is 0 Å². The van der Waals surface area contributed by atoms with E-state index in [2.05, 4.69) is 20.3 Å². The summed E-state index contributed by atoms with van der Waals surface area (Å²) >= 11 is 0. The van der Waals surface area contributed by atoms with E-state index in [1.54, 1.807) is 21.9 Å². The number of aromatic nitrogens is 3. The molecule has 182 valence electrons. The molecule has 12 heteroatoms. The van der Waals surface area contributed by atoms with Crippen molar-refractivity contribution < 1.29 is 27.5 Å². The van der Waals surface area contributed by atoms with E-state index >= 15 is 0 Å². The first-order chi connectivity index (χ1) is 16.3. The van der Waals surface area contributed by atoms with E-state index < -0.39 is 18.0 Å². The van der Waals surface area contributed by atoms with Crippen LogP contribution in [0.5, 0.6) is 0 Å². The second-order valence-corrected chi connectivity index (χ2v) is 8.09. The Labute approximate surface area is 194 Å². The predicted octanol–water partition coefficient (Wildman–Crippen LogP) is 1.89. The Kier molecular flexibility index (Phi) is 7.25. The summed E-state index contributed by atoms with van der Waals surface area (Å²) in [7, 11) is 0. The van der Waals surface area contributed by atoms with Gasteiger partial charge in [-0.15, -0.1) is 0 Å². The van der Waals surface area contributed by atoms with Crippen LogP contribution in [0.25, 0.3) is 11.4 Å². The number of ether oxygens (including phenoxy) is 1. The minimum atomic E-state index is -4.68. The van der Waals surface area contributed by atoms with E-state index in [0.717, 1.165) is 12.5 Å². The second-order valence-electron chi connectivity index (χ2n) is 8.09. The molecule has 1 N–H and O–H groups in total. The van der Waals surface area contributed by atoms with Crippen molar-refractivity contribution in [3.05, 3.63) is 36.3 Å². The molecule has 34 heavy (non-hydrogen) atoms. The Bertz CT molecular complexity index is 1010. The molecule has 0 bridgehead atoms. The predicted molar refractivity (Wildman–Crippen MR) is 116 cm³/mol. The lowest BCUT2D eigenvalue weighted by atomic mass is 10.2. The van der Waals surface area contributed by atoms with E-state index in [0.29, 0.717) is 18.6 Å². The molecule has 0 saturated carbocycles. The van der Waals surface area contributed by atoms with Gasteiger partial charge < -0.3 is 19.9 Å². The molecule has 2 aliphatic heterocycles. The number of alkyl halides is 3. The highest BCUT2D eigenvalue weighted by molar-refractivity contribution is 5.82. The molecule has 2 fully saturated rings. The van der Waals surface area contributed by atoms with Gasteiger partial charge in [-0.3, -0.25) is 14.6 Å². The number of hydrogen-bond acceptors (Lipinski definition) is 7. The highest BCUT2D eigenvalue weighted by Crippen LogP contribution is 2.31. The van der Waals surface area contributed by atoms with Gasteiger partial charge >= 0.3 is 6.18 Å². The highest BCUT2D eigenvalue weighted by Gasteiger charge is 2.35. The number of amides is 2. The van der Waals surface area contributed by atoms with Gasteiger partial charge in [0.1, 0.15) is 11.9 Å². The fourth-order valence-corrected chi connectivity index (χ4v) is 3.91. The quantitative estimate of drug-likeness (QED) is 0.719. The molecule has 2 saturated heterocycles. The van der Waals surface area contributed by atoms with Crippen molar-refractivity contribution in [3.63, 3.8) is 0 Å². The maximum absolute atomic E-state index is 13.6. The largest absolute Gasteiger partial charge is 0.433 e. The molecule has 2 aromatic heterocycles. The SMILES string of the molecule is O=C1CCN(C(=O)C2CCCO2)CCN(c2cc(C(F)(F)F)nc(-c3cccnc3)n2)CCN1. The van der Waals surface area contributed by atoms with Gasteiger partial charge in [0.05, 0.1) is 0 Å². The van der Waals surface area contributed by atoms with Crippen LogP contribution in [0.1, 0.15) is 25.0 Å². The summed E-state index contributed by atoms with van der Waals surface area (Å²) < 4.78 is 46.4. The minimum absolute atomic E-state index is 0.0560. The van der Waals surface area contributed by atoms with E-state index in [9.17, 15) is 22.8 Å². The molecule has 0 aromatic carbocycles. The summed E-state index contributed by atoms with van der Waals surface area (Å²) in [5.41, 5.74) is -0.732. The molecule has 1 unspecified atom stereocenters. The lowest BCUT2D eigenvalue weighted by Crippen LogP contribution is -2.47. The summed E-state index contributed by atoms with van der Waals surface area (Å²) in [6.07, 6.45) is -0.783. The average Bonchev–Trinajstić information content (AvgIpc) is 3.37. The third kappa shape index (κ3) is 5.79. The van der Waals surface area contributed by atoms with Crippen molar-refractivity contribution in [1.82, 2.24) is 25.2 Å². The maximum atomic E-state index is 13.6. The monoisotopic (exact) mass is 478 g/mol. The number of halogens is 3. The van der Waals surface area contributed by atoms with Crippen LogP contribution in [-0.2, 0) is 20.5 Å². The molecule has 2 amide bonds. The topological polar surface area (TPSA) is 101 Å². The normalized spacial score (nSPS) is 20.2. The fourth-order valence-electron chi connectivity index (χ4n) is 3.91. The van der Waals surface area contributed by atoms with Crippen molar-refractivity contribution in [3.8, 4) is 11.4 Å². The molecular formula is C22H25F3N6O3. The molecule has 4 heterocycles. The molecule has 9 nitrogen and oxygen atoms in total. The third-order valence-corrected chi connectivity index (χ3v) is 5.72. The van der Waals surface area contributed by atoms with Crippen molar-refractivity contribution in [2.24, 2.45) is 0 Å². The zero-order chi connectivity index (χ0) is 24.1. The molecule has 0 aliphatic carbocycles. The van der Waals surface area contributed by atoms with Crippen LogP contribution >= 0.6 is 0 Å². The van der Waals surface area contributed by atoms with E-state index in [4.69, 9.17) is 4.74 Å². The number of nitrogens with one attached hydrogen (secondary N) is 1. The van der Waals surface area contributed by atoms with Gasteiger partial charge in [0.2, 0.25) is 5.91 Å². The van der Waals surface area contributed by atoms with Crippen LogP contribution in [0.3, 0.4) is 0 Å². The fraction of sp³-hybridized carbons (Fsp3) is 0.500. The van der Waals surface area contributed by atoms with E-state index in [1.165, 1.54) is 12.4 Å². The average molecular weight is 478 g/mol. The molecular weight excluding hydrogens is 453 g/mol. The van der Waals surface area contributed by atoms with Gasteiger partial charge in [0.25, 0.3) is 5.91 Å². The second kappa shape index (κ2) is 10.3. The Morgan fingerprint density at radius 1 is 1.18 bits per heavy atom. The Morgan fingerprint density at radius 2 is 2.03 bits per heavy atom. The van der Waals surface area contributed by atoms with Crippen molar-refractivity contribution in [2.45, 2.75) is 31.5 Å². The number of pyridine rings is 1. The van der Waals surface area contributed by atoms with Crippen LogP contribution in [0.2, 0.25) is 0 Å². The first-order valence-corrected chi connectivity index (χ1v) is 11.1. The van der Waals surface area contributed by atoms with Crippen molar-refractivity contribution in [2.75, 3.05) is 44.2 Å². The molecule has 1 atom stereocenters. The third-order valence-electron chi connectivity index (χ3n) is 5.72. The first kappa shape index (κ1) is 23.9. The number of anilines is 1. The van der Waals surface area contributed by atoms with Gasteiger partial charge in [-0.05, 0) is 25.0 Å². The molecule has 0 spiro atoms. The summed E-state index contributed by atoms with van der Waals surface area (Å²) in [5, 5.41) is 2.75. The standard InChI is InChI=1S/C22H25F3N6O3/c23-22(24,25)17-13-18(29-20(28-17)15-3-1-6-26-14-15)30-9-7-27-19(32)5-8-31(11-10-30)21(33)16-4-2-12-34-16/h1,3,6,13-14,16H,2,4-5,7-12H2,(H,27,32).